The molecule has 0 aliphatic rings. The molecule has 4 heteroatoms. The maximum absolute atomic E-state index is 8.94. The quantitative estimate of drug-likeness (QED) is 0.278. The van der Waals surface area contributed by atoms with E-state index in [9.17, 15) is 0 Å². The second kappa shape index (κ2) is 2.81. The highest BCUT2D eigenvalue weighted by molar-refractivity contribution is 7.80. The molecule has 0 atom stereocenters. The normalized spacial score (nSPS) is 9.40. The molecule has 0 fully saturated rings. The van der Waals surface area contributed by atoms with Gasteiger partial charge in [0.2, 0.25) is 0 Å². The summed E-state index contributed by atoms with van der Waals surface area (Å²) in [4.78, 5) is 0.709. The molecule has 0 radical (unpaired) electrons. The average Bonchev–Trinajstić information content (AvgIpc) is 1.94. The van der Waals surface area contributed by atoms with E-state index in [2.05, 4.69) is 18.1 Å². The molecule has 0 bridgehead atoms. The van der Waals surface area contributed by atoms with Crippen LogP contribution in [-0.2, 0) is 0 Å². The van der Waals surface area contributed by atoms with Crippen molar-refractivity contribution in [1.29, 1.82) is 0 Å². The summed E-state index contributed by atoms with van der Waals surface area (Å²) in [5.41, 5.74) is 3.01. The molecule has 3 nitrogen and oxygen atoms in total. The summed E-state index contributed by atoms with van der Waals surface area (Å²) in [6.07, 6.45) is 0. The molecule has 0 aliphatic heterocycles. The van der Waals surface area contributed by atoms with Gasteiger partial charge in [-0.15, -0.1) is 12.6 Å². The number of anilines is 1. The van der Waals surface area contributed by atoms with E-state index in [1.165, 1.54) is 6.07 Å². The predicted molar refractivity (Wildman–Crippen MR) is 43.2 cm³/mol. The molecule has 0 saturated heterocycles. The van der Waals surface area contributed by atoms with Crippen molar-refractivity contribution in [2.45, 2.75) is 4.90 Å². The van der Waals surface area contributed by atoms with Gasteiger partial charge in [-0.3, -0.25) is 5.84 Å². The van der Waals surface area contributed by atoms with E-state index in [0.29, 0.717) is 10.6 Å². The van der Waals surface area contributed by atoms with Crippen LogP contribution in [0.25, 0.3) is 0 Å². The minimum atomic E-state index is 0.172. The van der Waals surface area contributed by atoms with Crippen LogP contribution in [-0.4, -0.2) is 5.11 Å². The second-order valence-corrected chi connectivity index (χ2v) is 2.33. The van der Waals surface area contributed by atoms with Gasteiger partial charge in [0.05, 0.1) is 5.69 Å². The SMILES string of the molecule is NNc1cc(O)ccc1S. The summed E-state index contributed by atoms with van der Waals surface area (Å²) in [5, 5.41) is 8.94. The number of nitrogen functional groups attached to an aromatic ring is 1. The molecule has 0 heterocycles. The lowest BCUT2D eigenvalue weighted by atomic mass is 10.3. The van der Waals surface area contributed by atoms with Gasteiger partial charge in [-0.1, -0.05) is 0 Å². The monoisotopic (exact) mass is 156 g/mol. The van der Waals surface area contributed by atoms with Crippen molar-refractivity contribution in [3.8, 4) is 5.75 Å². The Kier molecular flexibility index (Phi) is 2.03. The van der Waals surface area contributed by atoms with E-state index < -0.39 is 0 Å². The molecule has 1 aromatic carbocycles. The third-order valence-electron chi connectivity index (χ3n) is 1.14. The summed E-state index contributed by atoms with van der Waals surface area (Å²) in [6.45, 7) is 0. The zero-order valence-electron chi connectivity index (χ0n) is 5.20. The van der Waals surface area contributed by atoms with Crippen molar-refractivity contribution in [2.24, 2.45) is 5.84 Å². The number of hydrogen-bond donors (Lipinski definition) is 4. The Bertz CT molecular complexity index is 239. The number of aromatic hydroxyl groups is 1. The van der Waals surface area contributed by atoms with E-state index >= 15 is 0 Å². The van der Waals surface area contributed by atoms with Crippen molar-refractivity contribution >= 4 is 18.3 Å². The van der Waals surface area contributed by atoms with Crippen molar-refractivity contribution in [3.05, 3.63) is 18.2 Å². The van der Waals surface area contributed by atoms with Crippen LogP contribution in [0.4, 0.5) is 5.69 Å². The second-order valence-electron chi connectivity index (χ2n) is 1.85. The topological polar surface area (TPSA) is 58.3 Å². The molecule has 1 aromatic rings. The molecule has 0 amide bonds. The first kappa shape index (κ1) is 7.24. The smallest absolute Gasteiger partial charge is 0.117 e. The predicted octanol–water partition coefficient (Wildman–Crippen LogP) is 0.966. The number of nitrogens with one attached hydrogen (secondary N) is 1. The maximum Gasteiger partial charge on any atom is 0.117 e. The average molecular weight is 156 g/mol. The molecule has 54 valence electrons. The third kappa shape index (κ3) is 1.34. The zero-order chi connectivity index (χ0) is 7.56. The van der Waals surface area contributed by atoms with Crippen LogP contribution in [0, 0.1) is 0 Å². The lowest BCUT2D eigenvalue weighted by molar-refractivity contribution is 0.475. The molecule has 0 aromatic heterocycles. The lowest BCUT2D eigenvalue weighted by Crippen LogP contribution is -2.06. The molecule has 10 heavy (non-hydrogen) atoms. The minimum Gasteiger partial charge on any atom is -0.508 e. The van der Waals surface area contributed by atoms with Crippen LogP contribution in [0.15, 0.2) is 23.1 Å². The van der Waals surface area contributed by atoms with E-state index in [4.69, 9.17) is 10.9 Å². The fraction of sp³-hybridized carbons (Fsp3) is 0. The van der Waals surface area contributed by atoms with Gasteiger partial charge >= 0.3 is 0 Å². The summed E-state index contributed by atoms with van der Waals surface area (Å²) < 4.78 is 0. The first-order chi connectivity index (χ1) is 4.74. The largest absolute Gasteiger partial charge is 0.508 e. The third-order valence-corrected chi connectivity index (χ3v) is 1.53. The van der Waals surface area contributed by atoms with Crippen LogP contribution in [0.5, 0.6) is 5.75 Å². The van der Waals surface area contributed by atoms with Crippen molar-refractivity contribution in [3.63, 3.8) is 0 Å². The summed E-state index contributed by atoms with van der Waals surface area (Å²) in [5.74, 6) is 5.28. The van der Waals surface area contributed by atoms with Crippen molar-refractivity contribution in [2.75, 3.05) is 5.43 Å². The Balaban J connectivity index is 3.09. The Hall–Kier alpha value is -0.870. The van der Waals surface area contributed by atoms with E-state index in [1.807, 2.05) is 0 Å². The van der Waals surface area contributed by atoms with Crippen LogP contribution in [0.3, 0.4) is 0 Å². The summed E-state index contributed by atoms with van der Waals surface area (Å²) in [7, 11) is 0. The van der Waals surface area contributed by atoms with E-state index in [-0.39, 0.29) is 5.75 Å². The van der Waals surface area contributed by atoms with Crippen molar-refractivity contribution < 1.29 is 5.11 Å². The zero-order valence-corrected chi connectivity index (χ0v) is 6.10. The molecular weight excluding hydrogens is 148 g/mol. The molecule has 1 rings (SSSR count). The van der Waals surface area contributed by atoms with Crippen LogP contribution in [0.2, 0.25) is 0 Å². The highest BCUT2D eigenvalue weighted by Crippen LogP contribution is 2.22. The molecule has 0 unspecified atom stereocenters. The van der Waals surface area contributed by atoms with Gasteiger partial charge in [0.25, 0.3) is 0 Å². The molecule has 0 saturated carbocycles. The first-order valence-corrected chi connectivity index (χ1v) is 3.17. The van der Waals surface area contributed by atoms with Crippen LogP contribution < -0.4 is 11.3 Å². The van der Waals surface area contributed by atoms with Gasteiger partial charge in [0, 0.05) is 11.0 Å². The first-order valence-electron chi connectivity index (χ1n) is 2.72. The fourth-order valence-corrected chi connectivity index (χ4v) is 0.843. The van der Waals surface area contributed by atoms with E-state index in [1.54, 1.807) is 12.1 Å². The van der Waals surface area contributed by atoms with Crippen LogP contribution in [0.1, 0.15) is 0 Å². The Morgan fingerprint density at radius 3 is 2.70 bits per heavy atom. The van der Waals surface area contributed by atoms with Gasteiger partial charge in [0.1, 0.15) is 5.75 Å². The Morgan fingerprint density at radius 1 is 1.50 bits per heavy atom. The Morgan fingerprint density at radius 2 is 2.20 bits per heavy atom. The Labute approximate surface area is 64.2 Å². The maximum atomic E-state index is 8.94. The lowest BCUT2D eigenvalue weighted by Gasteiger charge is -2.02. The number of phenols is 1. The summed E-state index contributed by atoms with van der Waals surface area (Å²) >= 11 is 4.07. The fourth-order valence-electron chi connectivity index (χ4n) is 0.640. The van der Waals surface area contributed by atoms with Gasteiger partial charge in [0.15, 0.2) is 0 Å². The number of nitrogens with two attached hydrogens (primary N) is 1. The van der Waals surface area contributed by atoms with Gasteiger partial charge in [-0.25, -0.2) is 0 Å². The van der Waals surface area contributed by atoms with Crippen LogP contribution >= 0.6 is 12.6 Å². The molecule has 4 N–H and O–H groups in total. The van der Waals surface area contributed by atoms with Gasteiger partial charge < -0.3 is 10.5 Å². The molecular formula is C6H8N2OS. The summed E-state index contributed by atoms with van der Waals surface area (Å²) in [6, 6.07) is 4.71. The number of hydrogen-bond acceptors (Lipinski definition) is 4. The standard InChI is InChI=1S/C6H8N2OS/c7-8-5-3-4(9)1-2-6(5)10/h1-3,8-10H,7H2. The number of phenolic OH excluding ortho intramolecular Hbond substituents is 1. The van der Waals surface area contributed by atoms with E-state index in [0.717, 1.165) is 0 Å². The molecule has 0 spiro atoms. The van der Waals surface area contributed by atoms with Gasteiger partial charge in [-0.2, -0.15) is 0 Å². The highest BCUT2D eigenvalue weighted by Gasteiger charge is 1.95. The minimum absolute atomic E-state index is 0.172. The number of thiol groups is 1. The number of benzene rings is 1. The van der Waals surface area contributed by atoms with Crippen molar-refractivity contribution in [1.82, 2.24) is 0 Å². The highest BCUT2D eigenvalue weighted by atomic mass is 32.1. The number of hydrazine groups is 1. The molecule has 0 aliphatic carbocycles. The van der Waals surface area contributed by atoms with Gasteiger partial charge in [-0.05, 0) is 12.1 Å². The number of rotatable bonds is 1.